The molecule has 4 nitrogen and oxygen atoms in total. The van der Waals surface area contributed by atoms with Gasteiger partial charge in [0.15, 0.2) is 0 Å². The van der Waals surface area contributed by atoms with Crippen LogP contribution in [0.5, 0.6) is 0 Å². The summed E-state index contributed by atoms with van der Waals surface area (Å²) in [6.45, 7) is 0. The van der Waals surface area contributed by atoms with Crippen molar-refractivity contribution in [2.45, 2.75) is 17.4 Å². The molecule has 1 aromatic carbocycles. The highest BCUT2D eigenvalue weighted by Crippen LogP contribution is 2.19. The van der Waals surface area contributed by atoms with Gasteiger partial charge in [0.1, 0.15) is 18.0 Å². The van der Waals surface area contributed by atoms with Gasteiger partial charge in [-0.15, -0.1) is 11.8 Å². The van der Waals surface area contributed by atoms with Crippen LogP contribution in [0.3, 0.4) is 0 Å². The minimum atomic E-state index is -0.220. The Bertz CT molecular complexity index is 514. The average molecular weight is 266 g/mol. The van der Waals surface area contributed by atoms with Gasteiger partial charge >= 0.3 is 0 Å². The number of hydrogen-bond acceptors (Lipinski definition) is 4. The maximum Gasteiger partial charge on any atom is 0.138 e. The van der Waals surface area contributed by atoms with Crippen LogP contribution < -0.4 is 5.73 Å². The van der Waals surface area contributed by atoms with E-state index in [0.717, 1.165) is 16.5 Å². The van der Waals surface area contributed by atoms with Gasteiger partial charge in [-0.2, -0.15) is 5.10 Å². The fourth-order valence-corrected chi connectivity index (χ4v) is 2.45. The van der Waals surface area contributed by atoms with Crippen molar-refractivity contribution >= 4 is 11.8 Å². The SMILES string of the molecule is Cn1ncnc1CC(N)CSc1cccc(F)c1. The van der Waals surface area contributed by atoms with Gasteiger partial charge < -0.3 is 5.73 Å². The number of benzene rings is 1. The summed E-state index contributed by atoms with van der Waals surface area (Å²) in [5, 5.41) is 3.99. The standard InChI is InChI=1S/C12H15FN4S/c1-17-12(15-8-16-17)6-10(14)7-18-11-4-2-3-9(13)5-11/h2-5,8,10H,6-7,14H2,1H3. The van der Waals surface area contributed by atoms with Crippen molar-refractivity contribution in [2.75, 3.05) is 5.75 Å². The van der Waals surface area contributed by atoms with E-state index < -0.39 is 0 Å². The number of aromatic nitrogens is 3. The smallest absolute Gasteiger partial charge is 0.138 e. The molecule has 0 aliphatic rings. The van der Waals surface area contributed by atoms with E-state index in [1.165, 1.54) is 18.5 Å². The molecule has 1 unspecified atom stereocenters. The molecule has 1 aromatic heterocycles. The lowest BCUT2D eigenvalue weighted by molar-refractivity contribution is 0.624. The molecule has 18 heavy (non-hydrogen) atoms. The molecular formula is C12H15FN4S. The Kier molecular flexibility index (Phi) is 4.33. The van der Waals surface area contributed by atoms with E-state index in [2.05, 4.69) is 10.1 Å². The molecule has 0 saturated heterocycles. The second-order valence-corrected chi connectivity index (χ2v) is 5.13. The molecule has 0 radical (unpaired) electrons. The van der Waals surface area contributed by atoms with E-state index in [-0.39, 0.29) is 11.9 Å². The minimum Gasteiger partial charge on any atom is -0.327 e. The van der Waals surface area contributed by atoms with Crippen LogP contribution in [0.15, 0.2) is 35.5 Å². The maximum atomic E-state index is 13.0. The minimum absolute atomic E-state index is 0.0267. The number of rotatable bonds is 5. The first-order valence-electron chi connectivity index (χ1n) is 5.62. The highest BCUT2D eigenvalue weighted by Gasteiger charge is 2.09. The fraction of sp³-hybridized carbons (Fsp3) is 0.333. The van der Waals surface area contributed by atoms with E-state index in [0.29, 0.717) is 6.42 Å². The Morgan fingerprint density at radius 1 is 1.50 bits per heavy atom. The fourth-order valence-electron chi connectivity index (χ4n) is 1.56. The third-order valence-electron chi connectivity index (χ3n) is 2.51. The van der Waals surface area contributed by atoms with Gasteiger partial charge in [-0.3, -0.25) is 4.68 Å². The highest BCUT2D eigenvalue weighted by atomic mass is 32.2. The summed E-state index contributed by atoms with van der Waals surface area (Å²) >= 11 is 1.55. The van der Waals surface area contributed by atoms with Gasteiger partial charge in [-0.25, -0.2) is 9.37 Å². The van der Waals surface area contributed by atoms with Crippen LogP contribution in [-0.2, 0) is 13.5 Å². The molecule has 0 aliphatic heterocycles. The number of nitrogens with zero attached hydrogens (tertiary/aromatic N) is 3. The molecule has 1 heterocycles. The third-order valence-corrected chi connectivity index (χ3v) is 3.69. The molecule has 2 N–H and O–H groups in total. The van der Waals surface area contributed by atoms with E-state index in [1.807, 2.05) is 13.1 Å². The van der Waals surface area contributed by atoms with Crippen molar-refractivity contribution in [3.8, 4) is 0 Å². The van der Waals surface area contributed by atoms with E-state index in [4.69, 9.17) is 5.73 Å². The zero-order valence-electron chi connectivity index (χ0n) is 10.1. The van der Waals surface area contributed by atoms with Crippen LogP contribution >= 0.6 is 11.8 Å². The van der Waals surface area contributed by atoms with Crippen LogP contribution in [0.25, 0.3) is 0 Å². The summed E-state index contributed by atoms with van der Waals surface area (Å²) < 4.78 is 14.7. The maximum absolute atomic E-state index is 13.0. The van der Waals surface area contributed by atoms with Gasteiger partial charge in [0.2, 0.25) is 0 Å². The molecule has 2 aromatic rings. The number of nitrogens with two attached hydrogens (primary N) is 1. The molecule has 0 aliphatic carbocycles. The molecule has 1 atom stereocenters. The normalized spacial score (nSPS) is 12.6. The molecule has 2 rings (SSSR count). The topological polar surface area (TPSA) is 56.7 Å². The number of aryl methyl sites for hydroxylation is 1. The van der Waals surface area contributed by atoms with E-state index >= 15 is 0 Å². The summed E-state index contributed by atoms with van der Waals surface area (Å²) in [5.74, 6) is 1.36. The first-order chi connectivity index (χ1) is 8.65. The van der Waals surface area contributed by atoms with Crippen LogP contribution in [-0.4, -0.2) is 26.6 Å². The Hall–Kier alpha value is -1.40. The number of halogens is 1. The van der Waals surface area contributed by atoms with Crippen molar-refractivity contribution in [1.82, 2.24) is 14.8 Å². The zero-order valence-corrected chi connectivity index (χ0v) is 10.9. The molecular weight excluding hydrogens is 251 g/mol. The first kappa shape index (κ1) is 13.0. The van der Waals surface area contributed by atoms with Gasteiger partial charge in [0.25, 0.3) is 0 Å². The molecule has 96 valence electrons. The lowest BCUT2D eigenvalue weighted by atomic mass is 10.2. The molecule has 0 bridgehead atoms. The second-order valence-electron chi connectivity index (χ2n) is 4.03. The van der Waals surface area contributed by atoms with Gasteiger partial charge in [-0.05, 0) is 18.2 Å². The largest absolute Gasteiger partial charge is 0.327 e. The Morgan fingerprint density at radius 3 is 3.00 bits per heavy atom. The predicted molar refractivity (Wildman–Crippen MR) is 69.8 cm³/mol. The van der Waals surface area contributed by atoms with Crippen molar-refractivity contribution in [1.29, 1.82) is 0 Å². The molecule has 6 heteroatoms. The van der Waals surface area contributed by atoms with Crippen molar-refractivity contribution in [3.63, 3.8) is 0 Å². The summed E-state index contributed by atoms with van der Waals surface area (Å²) in [4.78, 5) is 5.02. The van der Waals surface area contributed by atoms with Crippen LogP contribution in [0, 0.1) is 5.82 Å². The first-order valence-corrected chi connectivity index (χ1v) is 6.60. The summed E-state index contributed by atoms with van der Waals surface area (Å²) in [6, 6.07) is 6.50. The molecule has 0 saturated carbocycles. The predicted octanol–water partition coefficient (Wildman–Crippen LogP) is 1.62. The third kappa shape index (κ3) is 3.54. The zero-order chi connectivity index (χ0) is 13.0. The van der Waals surface area contributed by atoms with Crippen molar-refractivity contribution < 1.29 is 4.39 Å². The highest BCUT2D eigenvalue weighted by molar-refractivity contribution is 7.99. The Balaban J connectivity index is 1.85. The Labute approximate surface area is 109 Å². The van der Waals surface area contributed by atoms with Gasteiger partial charge in [0.05, 0.1) is 0 Å². The lowest BCUT2D eigenvalue weighted by Crippen LogP contribution is -2.27. The van der Waals surface area contributed by atoms with Crippen LogP contribution in [0.4, 0.5) is 4.39 Å². The summed E-state index contributed by atoms with van der Waals surface area (Å²) in [7, 11) is 1.84. The van der Waals surface area contributed by atoms with Gasteiger partial charge in [-0.1, -0.05) is 6.07 Å². The summed E-state index contributed by atoms with van der Waals surface area (Å²) in [5.41, 5.74) is 6.02. The molecule has 0 amide bonds. The quantitative estimate of drug-likeness (QED) is 0.835. The number of hydrogen-bond donors (Lipinski definition) is 1. The molecule has 0 spiro atoms. The van der Waals surface area contributed by atoms with Crippen molar-refractivity contribution in [2.24, 2.45) is 12.8 Å². The van der Waals surface area contributed by atoms with E-state index in [9.17, 15) is 4.39 Å². The van der Waals surface area contributed by atoms with E-state index in [1.54, 1.807) is 22.5 Å². The van der Waals surface area contributed by atoms with Crippen LogP contribution in [0.2, 0.25) is 0 Å². The van der Waals surface area contributed by atoms with Crippen molar-refractivity contribution in [3.05, 3.63) is 42.2 Å². The number of thioether (sulfide) groups is 1. The van der Waals surface area contributed by atoms with Crippen LogP contribution in [0.1, 0.15) is 5.82 Å². The lowest BCUT2D eigenvalue weighted by Gasteiger charge is -2.10. The molecule has 0 fully saturated rings. The second kappa shape index (κ2) is 5.97. The average Bonchev–Trinajstić information content (AvgIpc) is 2.73. The monoisotopic (exact) mass is 266 g/mol. The van der Waals surface area contributed by atoms with Gasteiger partial charge in [0, 0.05) is 30.2 Å². The Morgan fingerprint density at radius 2 is 2.33 bits per heavy atom. The summed E-state index contributed by atoms with van der Waals surface area (Å²) in [6.07, 6.45) is 2.18.